The molecule has 0 radical (unpaired) electrons. The third-order valence-corrected chi connectivity index (χ3v) is 2.05. The maximum Gasteiger partial charge on any atom is 0.239 e. The van der Waals surface area contributed by atoms with Crippen LogP contribution in [0, 0.1) is 0 Å². The Morgan fingerprint density at radius 3 is 2.85 bits per heavy atom. The first-order valence-electron chi connectivity index (χ1n) is 3.60. The molecule has 5 nitrogen and oxygen atoms in total. The largest absolute Gasteiger partial charge is 0.322 e. The number of aromatic nitrogens is 1. The lowest BCUT2D eigenvalue weighted by Gasteiger charge is -1.95. The van der Waals surface area contributed by atoms with Gasteiger partial charge in [-0.25, -0.2) is 4.98 Å². The van der Waals surface area contributed by atoms with Crippen molar-refractivity contribution in [3.63, 3.8) is 0 Å². The van der Waals surface area contributed by atoms with Crippen molar-refractivity contribution in [2.24, 2.45) is 5.73 Å². The van der Waals surface area contributed by atoms with Crippen molar-refractivity contribution in [2.75, 3.05) is 11.9 Å². The minimum atomic E-state index is -0.315. The van der Waals surface area contributed by atoms with Crippen molar-refractivity contribution >= 4 is 28.2 Å². The molecule has 0 fully saturated rings. The van der Waals surface area contributed by atoms with E-state index in [-0.39, 0.29) is 18.2 Å². The number of amides is 1. The lowest BCUT2D eigenvalue weighted by Crippen LogP contribution is -2.21. The number of hydrogen-bond donors (Lipinski definition) is 2. The maximum atomic E-state index is 10.8. The van der Waals surface area contributed by atoms with E-state index in [1.165, 1.54) is 18.3 Å². The molecule has 6 heteroatoms. The predicted molar refractivity (Wildman–Crippen MR) is 49.8 cm³/mol. The summed E-state index contributed by atoms with van der Waals surface area (Å²) in [4.78, 5) is 25.5. The third kappa shape index (κ3) is 2.60. The van der Waals surface area contributed by atoms with Gasteiger partial charge in [0.15, 0.2) is 10.9 Å². The molecule has 1 rings (SSSR count). The van der Waals surface area contributed by atoms with Crippen LogP contribution < -0.4 is 11.1 Å². The number of nitrogens with zero attached hydrogens (tertiary/aromatic N) is 1. The molecule has 1 aromatic rings. The average Bonchev–Trinajstić information content (AvgIpc) is 2.52. The smallest absolute Gasteiger partial charge is 0.239 e. The van der Waals surface area contributed by atoms with E-state index in [0.717, 1.165) is 0 Å². The molecule has 0 aliphatic heterocycles. The van der Waals surface area contributed by atoms with E-state index >= 15 is 0 Å². The lowest BCUT2D eigenvalue weighted by molar-refractivity contribution is -0.114. The van der Waals surface area contributed by atoms with E-state index in [1.807, 2.05) is 0 Å². The van der Waals surface area contributed by atoms with E-state index in [4.69, 9.17) is 5.73 Å². The first kappa shape index (κ1) is 9.82. The molecule has 1 aromatic heterocycles. The summed E-state index contributed by atoms with van der Waals surface area (Å²) in [6, 6.07) is 0. The number of hydrogen-bond acceptors (Lipinski definition) is 5. The first-order valence-corrected chi connectivity index (χ1v) is 4.48. The highest BCUT2D eigenvalue weighted by molar-refractivity contribution is 7.14. The molecule has 0 aliphatic carbocycles. The highest BCUT2D eigenvalue weighted by atomic mass is 32.1. The van der Waals surface area contributed by atoms with Gasteiger partial charge in [0.05, 0.1) is 6.54 Å². The molecular weight excluding hydrogens is 190 g/mol. The monoisotopic (exact) mass is 199 g/mol. The quantitative estimate of drug-likeness (QED) is 0.683. The summed E-state index contributed by atoms with van der Waals surface area (Å²) >= 11 is 1.20. The number of carbonyl (C=O) groups excluding carboxylic acids is 2. The fourth-order valence-electron chi connectivity index (χ4n) is 0.663. The Balaban J connectivity index is 2.69. The summed E-state index contributed by atoms with van der Waals surface area (Å²) < 4.78 is 0. The molecule has 3 N–H and O–H groups in total. The molecule has 0 spiro atoms. The van der Waals surface area contributed by atoms with Crippen LogP contribution >= 0.6 is 11.3 Å². The van der Waals surface area contributed by atoms with Gasteiger partial charge >= 0.3 is 0 Å². The van der Waals surface area contributed by atoms with Crippen LogP contribution in [0.1, 0.15) is 17.4 Å². The fourth-order valence-corrected chi connectivity index (χ4v) is 1.43. The van der Waals surface area contributed by atoms with Crippen molar-refractivity contribution < 1.29 is 9.59 Å². The minimum absolute atomic E-state index is 0.0883. The number of Topliss-reactive ketones (excluding diaryl/α,β-unsaturated/α-hetero) is 1. The summed E-state index contributed by atoms with van der Waals surface area (Å²) in [5.41, 5.74) is 5.44. The van der Waals surface area contributed by atoms with Crippen molar-refractivity contribution in [2.45, 2.75) is 6.92 Å². The van der Waals surface area contributed by atoms with Crippen LogP contribution in [0.5, 0.6) is 0 Å². The summed E-state index contributed by atoms with van der Waals surface area (Å²) in [6.07, 6.45) is 0. The predicted octanol–water partition coefficient (Wildman–Crippen LogP) is 0.243. The minimum Gasteiger partial charge on any atom is -0.322 e. The highest BCUT2D eigenvalue weighted by Crippen LogP contribution is 2.15. The SMILES string of the molecule is CC(=O)c1csc(NC(=O)CN)n1. The van der Waals surface area contributed by atoms with E-state index in [2.05, 4.69) is 10.3 Å². The second-order valence-electron chi connectivity index (χ2n) is 2.35. The van der Waals surface area contributed by atoms with Crippen LogP contribution in [0.4, 0.5) is 5.13 Å². The number of thiazole rings is 1. The number of ketones is 1. The average molecular weight is 199 g/mol. The molecule has 0 atom stereocenters. The van der Waals surface area contributed by atoms with Gasteiger partial charge in [0, 0.05) is 12.3 Å². The lowest BCUT2D eigenvalue weighted by atomic mass is 10.4. The summed E-state index contributed by atoms with van der Waals surface area (Å²) in [5.74, 6) is -0.436. The number of nitrogens with one attached hydrogen (secondary N) is 1. The zero-order chi connectivity index (χ0) is 9.84. The highest BCUT2D eigenvalue weighted by Gasteiger charge is 2.07. The van der Waals surface area contributed by atoms with Crippen LogP contribution in [-0.2, 0) is 4.79 Å². The van der Waals surface area contributed by atoms with Crippen LogP contribution in [-0.4, -0.2) is 23.2 Å². The van der Waals surface area contributed by atoms with Gasteiger partial charge in [-0.1, -0.05) is 0 Å². The van der Waals surface area contributed by atoms with Gasteiger partial charge in [0.2, 0.25) is 5.91 Å². The van der Waals surface area contributed by atoms with Gasteiger partial charge in [-0.05, 0) is 0 Å². The Morgan fingerprint density at radius 2 is 2.38 bits per heavy atom. The molecule has 1 heterocycles. The van der Waals surface area contributed by atoms with Gasteiger partial charge in [-0.2, -0.15) is 0 Å². The molecule has 0 saturated heterocycles. The van der Waals surface area contributed by atoms with E-state index in [1.54, 1.807) is 5.38 Å². The van der Waals surface area contributed by atoms with Crippen molar-refractivity contribution in [3.8, 4) is 0 Å². The van der Waals surface area contributed by atoms with Gasteiger partial charge in [0.25, 0.3) is 0 Å². The van der Waals surface area contributed by atoms with Gasteiger partial charge in [-0.3, -0.25) is 9.59 Å². The standard InChI is InChI=1S/C7H9N3O2S/c1-4(11)5-3-13-7(9-5)10-6(12)2-8/h3H,2,8H2,1H3,(H,9,10,12). The summed E-state index contributed by atoms with van der Waals surface area (Å²) in [5, 5.41) is 4.45. The van der Waals surface area contributed by atoms with E-state index < -0.39 is 0 Å². The van der Waals surface area contributed by atoms with Crippen molar-refractivity contribution in [1.82, 2.24) is 4.98 Å². The molecular formula is C7H9N3O2S. The number of nitrogens with two attached hydrogens (primary N) is 1. The Morgan fingerprint density at radius 1 is 1.69 bits per heavy atom. The van der Waals surface area contributed by atoms with Crippen molar-refractivity contribution in [1.29, 1.82) is 0 Å². The number of carbonyl (C=O) groups is 2. The van der Waals surface area contributed by atoms with Gasteiger partial charge < -0.3 is 11.1 Å². The Bertz CT molecular complexity index is 334. The first-order chi connectivity index (χ1) is 6.13. The zero-order valence-electron chi connectivity index (χ0n) is 7.03. The van der Waals surface area contributed by atoms with E-state index in [0.29, 0.717) is 10.8 Å². The van der Waals surface area contributed by atoms with Crippen molar-refractivity contribution in [3.05, 3.63) is 11.1 Å². The van der Waals surface area contributed by atoms with Crippen LogP contribution in [0.3, 0.4) is 0 Å². The maximum absolute atomic E-state index is 10.8. The topological polar surface area (TPSA) is 85.1 Å². The summed E-state index contributed by atoms with van der Waals surface area (Å²) in [6.45, 7) is 1.33. The Kier molecular flexibility index (Phi) is 3.10. The van der Waals surface area contributed by atoms with Crippen LogP contribution in [0.25, 0.3) is 0 Å². The second-order valence-corrected chi connectivity index (χ2v) is 3.20. The van der Waals surface area contributed by atoms with E-state index in [9.17, 15) is 9.59 Å². The zero-order valence-corrected chi connectivity index (χ0v) is 7.85. The van der Waals surface area contributed by atoms with Gasteiger partial charge in [-0.15, -0.1) is 11.3 Å². The summed E-state index contributed by atoms with van der Waals surface area (Å²) in [7, 11) is 0. The molecule has 0 aromatic carbocycles. The third-order valence-electron chi connectivity index (χ3n) is 1.30. The molecule has 0 bridgehead atoms. The number of rotatable bonds is 3. The fraction of sp³-hybridized carbons (Fsp3) is 0.286. The van der Waals surface area contributed by atoms with Crippen LogP contribution in [0.15, 0.2) is 5.38 Å². The molecule has 0 aliphatic rings. The van der Waals surface area contributed by atoms with Crippen LogP contribution in [0.2, 0.25) is 0 Å². The second kappa shape index (κ2) is 4.11. The molecule has 0 saturated carbocycles. The Hall–Kier alpha value is -1.27. The molecule has 0 unspecified atom stereocenters. The number of anilines is 1. The van der Waals surface area contributed by atoms with Gasteiger partial charge in [0.1, 0.15) is 5.69 Å². The molecule has 70 valence electrons. The Labute approximate surface area is 79.0 Å². The molecule has 13 heavy (non-hydrogen) atoms. The normalized spacial score (nSPS) is 9.69. The molecule has 1 amide bonds.